The van der Waals surface area contributed by atoms with E-state index in [0.717, 1.165) is 19.3 Å². The molecule has 0 spiro atoms. The number of carbonyl (C=O) groups excluding carboxylic acids is 2. The summed E-state index contributed by atoms with van der Waals surface area (Å²) in [4.78, 5) is 25.7. The van der Waals surface area contributed by atoms with Crippen LogP contribution in [0.5, 0.6) is 0 Å². The Kier molecular flexibility index (Phi) is 4.59. The van der Waals surface area contributed by atoms with Crippen molar-refractivity contribution in [1.29, 1.82) is 0 Å². The third kappa shape index (κ3) is 3.35. The van der Waals surface area contributed by atoms with Crippen molar-refractivity contribution in [3.63, 3.8) is 0 Å². The highest BCUT2D eigenvalue weighted by molar-refractivity contribution is 6.33. The maximum atomic E-state index is 12.5. The zero-order valence-electron chi connectivity index (χ0n) is 11.1. The van der Waals surface area contributed by atoms with E-state index in [9.17, 15) is 9.59 Å². The molecule has 1 atom stereocenters. The van der Waals surface area contributed by atoms with Gasteiger partial charge >= 0.3 is 0 Å². The van der Waals surface area contributed by atoms with Crippen LogP contribution in [0.2, 0.25) is 5.02 Å². The molecule has 1 amide bonds. The molecule has 1 aliphatic heterocycles. The van der Waals surface area contributed by atoms with Crippen LogP contribution in [0.15, 0.2) is 24.3 Å². The van der Waals surface area contributed by atoms with E-state index in [1.807, 2.05) is 17.0 Å². The minimum atomic E-state index is -0.0587. The molecule has 19 heavy (non-hydrogen) atoms. The zero-order chi connectivity index (χ0) is 13.8. The average Bonchev–Trinajstić information content (AvgIpc) is 2.38. The Morgan fingerprint density at radius 3 is 2.74 bits per heavy atom. The normalized spacial score (nSPS) is 19.3. The van der Waals surface area contributed by atoms with Crippen molar-refractivity contribution in [2.24, 2.45) is 0 Å². The summed E-state index contributed by atoms with van der Waals surface area (Å²) in [5.74, 6) is 0.0698. The summed E-state index contributed by atoms with van der Waals surface area (Å²) in [6.07, 6.45) is 3.40. The van der Waals surface area contributed by atoms with Gasteiger partial charge in [0.2, 0.25) is 0 Å². The first kappa shape index (κ1) is 14.1. The summed E-state index contributed by atoms with van der Waals surface area (Å²) in [6.45, 7) is 2.29. The van der Waals surface area contributed by atoms with Gasteiger partial charge in [-0.25, -0.2) is 0 Å². The molecule has 0 bridgehead atoms. The van der Waals surface area contributed by atoms with Gasteiger partial charge in [0.25, 0.3) is 5.91 Å². The number of carbonyl (C=O) groups is 2. The van der Waals surface area contributed by atoms with E-state index in [4.69, 9.17) is 11.6 Å². The lowest BCUT2D eigenvalue weighted by Crippen LogP contribution is -2.44. The molecule has 1 saturated heterocycles. The number of likely N-dealkylation sites (tertiary alicyclic amines) is 1. The number of halogens is 1. The second kappa shape index (κ2) is 6.20. The van der Waals surface area contributed by atoms with Crippen LogP contribution in [0.1, 0.15) is 43.0 Å². The monoisotopic (exact) mass is 279 g/mol. The fraction of sp³-hybridized carbons (Fsp3) is 0.467. The van der Waals surface area contributed by atoms with Gasteiger partial charge in [-0.3, -0.25) is 9.59 Å². The van der Waals surface area contributed by atoms with Crippen LogP contribution in [0, 0.1) is 0 Å². The topological polar surface area (TPSA) is 37.4 Å². The number of Topliss-reactive ketones (excluding diaryl/α,β-unsaturated/α-hetero) is 1. The maximum Gasteiger partial charge on any atom is 0.255 e. The molecule has 1 aromatic carbocycles. The van der Waals surface area contributed by atoms with Gasteiger partial charge in [0, 0.05) is 19.0 Å². The van der Waals surface area contributed by atoms with E-state index in [0.29, 0.717) is 23.6 Å². The lowest BCUT2D eigenvalue weighted by Gasteiger charge is -2.35. The van der Waals surface area contributed by atoms with Crippen molar-refractivity contribution in [2.75, 3.05) is 6.54 Å². The van der Waals surface area contributed by atoms with Crippen LogP contribution in [0.4, 0.5) is 0 Å². The first-order chi connectivity index (χ1) is 9.09. The SMILES string of the molecule is CC(=O)CC1CCCCN1C(=O)c1ccccc1Cl. The van der Waals surface area contributed by atoms with Crippen LogP contribution >= 0.6 is 11.6 Å². The fourth-order valence-corrected chi connectivity index (χ4v) is 2.82. The van der Waals surface area contributed by atoms with Gasteiger partial charge in [0.05, 0.1) is 10.6 Å². The highest BCUT2D eigenvalue weighted by Gasteiger charge is 2.29. The molecule has 2 rings (SSSR count). The minimum absolute atomic E-state index is 0.0232. The third-order valence-corrected chi connectivity index (χ3v) is 3.84. The predicted molar refractivity (Wildman–Crippen MR) is 75.4 cm³/mol. The Balaban J connectivity index is 2.20. The van der Waals surface area contributed by atoms with Crippen molar-refractivity contribution < 1.29 is 9.59 Å². The number of benzene rings is 1. The van der Waals surface area contributed by atoms with Gasteiger partial charge in [-0.1, -0.05) is 23.7 Å². The van der Waals surface area contributed by atoms with Crippen molar-refractivity contribution >= 4 is 23.3 Å². The molecule has 0 aromatic heterocycles. The molecule has 1 aliphatic rings. The quantitative estimate of drug-likeness (QED) is 0.851. The fourth-order valence-electron chi connectivity index (χ4n) is 2.60. The van der Waals surface area contributed by atoms with E-state index >= 15 is 0 Å². The zero-order valence-corrected chi connectivity index (χ0v) is 11.8. The number of rotatable bonds is 3. The number of piperidine rings is 1. The molecule has 1 aromatic rings. The van der Waals surface area contributed by atoms with E-state index in [2.05, 4.69) is 0 Å². The third-order valence-electron chi connectivity index (χ3n) is 3.52. The van der Waals surface area contributed by atoms with E-state index < -0.39 is 0 Å². The molecular formula is C15H18ClNO2. The van der Waals surface area contributed by atoms with Crippen LogP contribution in [-0.4, -0.2) is 29.2 Å². The second-order valence-corrected chi connectivity index (χ2v) is 5.44. The van der Waals surface area contributed by atoms with Crippen LogP contribution < -0.4 is 0 Å². The van der Waals surface area contributed by atoms with Crippen LogP contribution in [-0.2, 0) is 4.79 Å². The number of amides is 1. The van der Waals surface area contributed by atoms with Gasteiger partial charge in [0.1, 0.15) is 5.78 Å². The van der Waals surface area contributed by atoms with Gasteiger partial charge in [0.15, 0.2) is 0 Å². The Labute approximate surface area is 118 Å². The Morgan fingerprint density at radius 2 is 2.05 bits per heavy atom. The second-order valence-electron chi connectivity index (χ2n) is 5.03. The first-order valence-corrected chi connectivity index (χ1v) is 7.02. The number of hydrogen-bond acceptors (Lipinski definition) is 2. The molecule has 3 nitrogen and oxygen atoms in total. The lowest BCUT2D eigenvalue weighted by atomic mass is 9.97. The average molecular weight is 280 g/mol. The molecule has 0 saturated carbocycles. The summed E-state index contributed by atoms with van der Waals surface area (Å²) < 4.78 is 0. The molecule has 102 valence electrons. The van der Waals surface area contributed by atoms with E-state index in [1.54, 1.807) is 19.1 Å². The molecular weight excluding hydrogens is 262 g/mol. The lowest BCUT2D eigenvalue weighted by molar-refractivity contribution is -0.118. The van der Waals surface area contributed by atoms with Crippen LogP contribution in [0.3, 0.4) is 0 Å². The number of ketones is 1. The summed E-state index contributed by atoms with van der Waals surface area (Å²) in [5.41, 5.74) is 0.527. The van der Waals surface area contributed by atoms with Crippen molar-refractivity contribution in [1.82, 2.24) is 4.90 Å². The summed E-state index contributed by atoms with van der Waals surface area (Å²) in [6, 6.07) is 7.10. The summed E-state index contributed by atoms with van der Waals surface area (Å²) in [5, 5.41) is 0.472. The molecule has 4 heteroatoms. The Hall–Kier alpha value is -1.35. The highest BCUT2D eigenvalue weighted by atomic mass is 35.5. The summed E-state index contributed by atoms with van der Waals surface area (Å²) >= 11 is 6.08. The van der Waals surface area contributed by atoms with Gasteiger partial charge in [-0.15, -0.1) is 0 Å². The van der Waals surface area contributed by atoms with Crippen LogP contribution in [0.25, 0.3) is 0 Å². The molecule has 1 unspecified atom stereocenters. The van der Waals surface area contributed by atoms with Crippen molar-refractivity contribution in [3.05, 3.63) is 34.9 Å². The summed E-state index contributed by atoms with van der Waals surface area (Å²) in [7, 11) is 0. The van der Waals surface area contributed by atoms with Crippen molar-refractivity contribution in [3.8, 4) is 0 Å². The molecule has 0 aliphatic carbocycles. The van der Waals surface area contributed by atoms with E-state index in [-0.39, 0.29) is 17.7 Å². The Bertz CT molecular complexity index is 487. The molecule has 0 N–H and O–H groups in total. The van der Waals surface area contributed by atoms with Gasteiger partial charge < -0.3 is 4.90 Å². The maximum absolute atomic E-state index is 12.5. The predicted octanol–water partition coefficient (Wildman–Crippen LogP) is 3.31. The Morgan fingerprint density at radius 1 is 1.32 bits per heavy atom. The molecule has 1 fully saturated rings. The van der Waals surface area contributed by atoms with Crippen molar-refractivity contribution in [2.45, 2.75) is 38.6 Å². The molecule has 0 radical (unpaired) electrons. The molecule has 1 heterocycles. The van der Waals surface area contributed by atoms with Gasteiger partial charge in [-0.05, 0) is 38.3 Å². The number of hydrogen-bond donors (Lipinski definition) is 0. The highest BCUT2D eigenvalue weighted by Crippen LogP contribution is 2.24. The minimum Gasteiger partial charge on any atom is -0.335 e. The van der Waals surface area contributed by atoms with Gasteiger partial charge in [-0.2, -0.15) is 0 Å². The smallest absolute Gasteiger partial charge is 0.255 e. The first-order valence-electron chi connectivity index (χ1n) is 6.64. The standard InChI is InChI=1S/C15H18ClNO2/c1-11(18)10-12-6-4-5-9-17(12)15(19)13-7-2-3-8-14(13)16/h2-3,7-8,12H,4-6,9-10H2,1H3. The number of nitrogens with zero attached hydrogens (tertiary/aromatic N) is 1. The van der Waals surface area contributed by atoms with E-state index in [1.165, 1.54) is 0 Å². The largest absolute Gasteiger partial charge is 0.335 e.